The number of piperidine rings is 1. The van der Waals surface area contributed by atoms with Crippen LogP contribution in [0.1, 0.15) is 12.8 Å². The lowest BCUT2D eigenvalue weighted by molar-refractivity contribution is 0.264. The van der Waals surface area contributed by atoms with Crippen molar-refractivity contribution in [1.82, 2.24) is 9.88 Å². The normalized spacial score (nSPS) is 18.6. The van der Waals surface area contributed by atoms with Gasteiger partial charge in [-0.3, -0.25) is 0 Å². The van der Waals surface area contributed by atoms with Crippen LogP contribution in [0.4, 0.5) is 5.69 Å². The van der Waals surface area contributed by atoms with Crippen molar-refractivity contribution in [2.45, 2.75) is 23.9 Å². The molecule has 1 aromatic rings. The molecule has 3 nitrogen and oxygen atoms in total. The molecule has 1 aliphatic rings. The van der Waals surface area contributed by atoms with Crippen molar-refractivity contribution >= 4 is 17.4 Å². The van der Waals surface area contributed by atoms with Crippen LogP contribution in [-0.2, 0) is 0 Å². The van der Waals surface area contributed by atoms with Crippen LogP contribution >= 0.6 is 11.8 Å². The molecule has 1 aliphatic heterocycles. The van der Waals surface area contributed by atoms with Crippen LogP contribution in [0.3, 0.4) is 0 Å². The molecule has 1 fully saturated rings. The molecule has 4 heteroatoms. The summed E-state index contributed by atoms with van der Waals surface area (Å²) in [5, 5.41) is 4.63. The minimum Gasteiger partial charge on any atom is -0.381 e. The van der Waals surface area contributed by atoms with Crippen molar-refractivity contribution in [3.63, 3.8) is 0 Å². The fourth-order valence-corrected chi connectivity index (χ4v) is 2.34. The third-order valence-corrected chi connectivity index (χ3v) is 3.69. The van der Waals surface area contributed by atoms with Crippen LogP contribution in [0.15, 0.2) is 23.4 Å². The Labute approximate surface area is 102 Å². The highest BCUT2D eigenvalue weighted by atomic mass is 32.2. The number of aromatic nitrogens is 1. The summed E-state index contributed by atoms with van der Waals surface area (Å²) in [5.41, 5.74) is 1.15. The van der Waals surface area contributed by atoms with E-state index in [1.807, 2.05) is 12.5 Å². The average molecular weight is 237 g/mol. The van der Waals surface area contributed by atoms with Crippen LogP contribution in [0.5, 0.6) is 0 Å². The largest absolute Gasteiger partial charge is 0.381 e. The second-order valence-corrected chi connectivity index (χ2v) is 5.14. The van der Waals surface area contributed by atoms with E-state index in [0.717, 1.165) is 10.7 Å². The number of hydrogen-bond acceptors (Lipinski definition) is 4. The monoisotopic (exact) mass is 237 g/mol. The van der Waals surface area contributed by atoms with Crippen molar-refractivity contribution in [2.75, 3.05) is 31.7 Å². The van der Waals surface area contributed by atoms with Crippen LogP contribution in [0.2, 0.25) is 0 Å². The van der Waals surface area contributed by atoms with Gasteiger partial charge in [0.2, 0.25) is 0 Å². The van der Waals surface area contributed by atoms with Gasteiger partial charge in [0.15, 0.2) is 0 Å². The number of hydrogen-bond donors (Lipinski definition) is 1. The van der Waals surface area contributed by atoms with Crippen molar-refractivity contribution in [3.8, 4) is 0 Å². The van der Waals surface area contributed by atoms with Gasteiger partial charge in [0, 0.05) is 6.04 Å². The maximum Gasteiger partial charge on any atom is 0.0958 e. The zero-order valence-electron chi connectivity index (χ0n) is 9.94. The first-order chi connectivity index (χ1) is 7.78. The predicted molar refractivity (Wildman–Crippen MR) is 70.2 cm³/mol. The van der Waals surface area contributed by atoms with Gasteiger partial charge in [0.25, 0.3) is 0 Å². The quantitative estimate of drug-likeness (QED) is 0.817. The van der Waals surface area contributed by atoms with Crippen molar-refractivity contribution in [2.24, 2.45) is 0 Å². The summed E-state index contributed by atoms with van der Waals surface area (Å²) in [7, 11) is 2.19. The number of thioether (sulfide) groups is 1. The first-order valence-electron chi connectivity index (χ1n) is 5.73. The van der Waals surface area contributed by atoms with Crippen LogP contribution in [-0.4, -0.2) is 42.3 Å². The Morgan fingerprint density at radius 2 is 2.12 bits per heavy atom. The summed E-state index contributed by atoms with van der Waals surface area (Å²) in [6, 6.07) is 4.80. The zero-order valence-corrected chi connectivity index (χ0v) is 10.8. The van der Waals surface area contributed by atoms with Gasteiger partial charge in [-0.1, -0.05) is 0 Å². The molecule has 0 spiro atoms. The molecule has 16 heavy (non-hydrogen) atoms. The van der Waals surface area contributed by atoms with Crippen LogP contribution in [0.25, 0.3) is 0 Å². The lowest BCUT2D eigenvalue weighted by atomic mass is 10.1. The minimum absolute atomic E-state index is 0.609. The predicted octanol–water partition coefficient (Wildman–Crippen LogP) is 2.31. The summed E-state index contributed by atoms with van der Waals surface area (Å²) >= 11 is 1.68. The number of pyridine rings is 1. The van der Waals surface area contributed by atoms with E-state index in [0.29, 0.717) is 6.04 Å². The molecular weight excluding hydrogens is 218 g/mol. The fraction of sp³-hybridized carbons (Fsp3) is 0.583. The van der Waals surface area contributed by atoms with Crippen molar-refractivity contribution < 1.29 is 0 Å². The first-order valence-corrected chi connectivity index (χ1v) is 6.95. The molecule has 0 radical (unpaired) electrons. The van der Waals surface area contributed by atoms with E-state index >= 15 is 0 Å². The maximum absolute atomic E-state index is 4.37. The van der Waals surface area contributed by atoms with Gasteiger partial charge < -0.3 is 10.2 Å². The average Bonchev–Trinajstić information content (AvgIpc) is 2.33. The highest BCUT2D eigenvalue weighted by molar-refractivity contribution is 7.98. The van der Waals surface area contributed by atoms with E-state index in [-0.39, 0.29) is 0 Å². The van der Waals surface area contributed by atoms with E-state index in [9.17, 15) is 0 Å². The van der Waals surface area contributed by atoms with Gasteiger partial charge in [0.05, 0.1) is 16.9 Å². The molecule has 2 rings (SSSR count). The zero-order chi connectivity index (χ0) is 11.4. The number of nitrogens with zero attached hydrogens (tertiary/aromatic N) is 2. The third-order valence-electron chi connectivity index (χ3n) is 3.03. The van der Waals surface area contributed by atoms with Gasteiger partial charge in [0.1, 0.15) is 0 Å². The molecular formula is C12H19N3S. The van der Waals surface area contributed by atoms with E-state index in [1.54, 1.807) is 11.8 Å². The van der Waals surface area contributed by atoms with Gasteiger partial charge in [-0.05, 0) is 51.4 Å². The number of nitrogens with one attached hydrogen (secondary N) is 1. The minimum atomic E-state index is 0.609. The molecule has 0 bridgehead atoms. The number of anilines is 1. The van der Waals surface area contributed by atoms with E-state index in [1.165, 1.54) is 25.9 Å². The van der Waals surface area contributed by atoms with Crippen molar-refractivity contribution in [1.29, 1.82) is 0 Å². The SMILES string of the molecule is CSc1ccc(NC2CCN(C)CC2)cn1. The van der Waals surface area contributed by atoms with Gasteiger partial charge in [-0.25, -0.2) is 4.98 Å². The highest BCUT2D eigenvalue weighted by Gasteiger charge is 2.15. The second kappa shape index (κ2) is 5.55. The molecule has 0 atom stereocenters. The Kier molecular flexibility index (Phi) is 4.07. The molecule has 1 saturated heterocycles. The molecule has 0 unspecified atom stereocenters. The van der Waals surface area contributed by atoms with Crippen LogP contribution < -0.4 is 5.32 Å². The Bertz CT molecular complexity index is 318. The summed E-state index contributed by atoms with van der Waals surface area (Å²) in [6.45, 7) is 2.38. The number of rotatable bonds is 3. The Balaban J connectivity index is 1.88. The lowest BCUT2D eigenvalue weighted by Crippen LogP contribution is -2.36. The molecule has 0 saturated carbocycles. The van der Waals surface area contributed by atoms with Crippen molar-refractivity contribution in [3.05, 3.63) is 18.3 Å². The summed E-state index contributed by atoms with van der Waals surface area (Å²) in [4.78, 5) is 6.75. The molecule has 1 aromatic heterocycles. The standard InChI is InChI=1S/C12H19N3S/c1-15-7-5-10(6-8-15)14-11-3-4-12(16-2)13-9-11/h3-4,9-10,14H,5-8H2,1-2H3. The molecule has 88 valence electrons. The van der Waals surface area contributed by atoms with E-state index in [4.69, 9.17) is 0 Å². The lowest BCUT2D eigenvalue weighted by Gasteiger charge is -2.30. The summed E-state index contributed by atoms with van der Waals surface area (Å²) in [5.74, 6) is 0. The Morgan fingerprint density at radius 3 is 2.69 bits per heavy atom. The topological polar surface area (TPSA) is 28.2 Å². The molecule has 0 aromatic carbocycles. The molecule has 0 amide bonds. The first kappa shape index (κ1) is 11.7. The second-order valence-electron chi connectivity index (χ2n) is 4.31. The van der Waals surface area contributed by atoms with Gasteiger partial charge in [-0.2, -0.15) is 0 Å². The summed E-state index contributed by atoms with van der Waals surface area (Å²) < 4.78 is 0. The smallest absolute Gasteiger partial charge is 0.0958 e. The van der Waals surface area contributed by atoms with E-state index in [2.05, 4.69) is 34.4 Å². The maximum atomic E-state index is 4.37. The fourth-order valence-electron chi connectivity index (χ4n) is 1.98. The molecule has 2 heterocycles. The highest BCUT2D eigenvalue weighted by Crippen LogP contribution is 2.17. The molecule has 1 N–H and O–H groups in total. The Morgan fingerprint density at radius 1 is 1.38 bits per heavy atom. The van der Waals surface area contributed by atoms with Gasteiger partial charge in [-0.15, -0.1) is 11.8 Å². The molecule has 0 aliphatic carbocycles. The summed E-state index contributed by atoms with van der Waals surface area (Å²) in [6.07, 6.45) is 6.43. The van der Waals surface area contributed by atoms with E-state index < -0.39 is 0 Å². The van der Waals surface area contributed by atoms with Gasteiger partial charge >= 0.3 is 0 Å². The van der Waals surface area contributed by atoms with Crippen LogP contribution in [0, 0.1) is 0 Å². The Hall–Kier alpha value is -0.740. The number of likely N-dealkylation sites (tertiary alicyclic amines) is 1. The third kappa shape index (κ3) is 3.12.